The van der Waals surface area contributed by atoms with Gasteiger partial charge in [-0.15, -0.1) is 0 Å². The van der Waals surface area contributed by atoms with E-state index in [1.165, 1.54) is 4.31 Å². The zero-order valence-electron chi connectivity index (χ0n) is 23.4. The highest BCUT2D eigenvalue weighted by Gasteiger charge is 2.27. The van der Waals surface area contributed by atoms with Crippen LogP contribution in [0, 0.1) is 11.3 Å². The number of fused-ring (bicyclic) bond motifs is 1. The molecule has 6 rings (SSSR count). The fourth-order valence-corrected chi connectivity index (χ4v) is 7.10. The van der Waals surface area contributed by atoms with Gasteiger partial charge in [0.05, 0.1) is 33.2 Å². The van der Waals surface area contributed by atoms with E-state index in [-0.39, 0.29) is 4.90 Å². The zero-order valence-corrected chi connectivity index (χ0v) is 24.2. The molecule has 1 aliphatic heterocycles. The number of anilines is 1. The third kappa shape index (κ3) is 5.94. The molecule has 0 bridgehead atoms. The highest BCUT2D eigenvalue weighted by Crippen LogP contribution is 2.29. The maximum absolute atomic E-state index is 13.9. The number of rotatable bonds is 10. The molecule has 1 saturated heterocycles. The smallest absolute Gasteiger partial charge is 0.264 e. The Labute approximate surface area is 247 Å². The molecule has 7 nitrogen and oxygen atoms in total. The molecule has 0 N–H and O–H groups in total. The molecule has 0 amide bonds. The number of aromatic nitrogens is 2. The average Bonchev–Trinajstić information content (AvgIpc) is 3.66. The van der Waals surface area contributed by atoms with Gasteiger partial charge in [-0.05, 0) is 79.5 Å². The molecule has 0 spiro atoms. The molecule has 5 aromatic rings. The lowest BCUT2D eigenvalue weighted by Gasteiger charge is -2.27. The van der Waals surface area contributed by atoms with E-state index in [0.29, 0.717) is 37.3 Å². The van der Waals surface area contributed by atoms with Gasteiger partial charge < -0.3 is 9.47 Å². The van der Waals surface area contributed by atoms with Crippen LogP contribution in [0.15, 0.2) is 108 Å². The predicted molar refractivity (Wildman–Crippen MR) is 166 cm³/mol. The van der Waals surface area contributed by atoms with Crippen LogP contribution in [0.4, 0.5) is 5.69 Å². The van der Waals surface area contributed by atoms with Crippen LogP contribution in [0.1, 0.15) is 35.4 Å². The Bertz CT molecular complexity index is 1810. The number of imidazole rings is 1. The summed E-state index contributed by atoms with van der Waals surface area (Å²) in [5, 5.41) is 9.21. The van der Waals surface area contributed by atoms with Crippen LogP contribution in [0.2, 0.25) is 0 Å². The summed E-state index contributed by atoms with van der Waals surface area (Å²) in [4.78, 5) is 7.66. The van der Waals surface area contributed by atoms with Gasteiger partial charge in [-0.3, -0.25) is 4.31 Å². The molecule has 1 aromatic heterocycles. The highest BCUT2D eigenvalue weighted by atomic mass is 32.2. The van der Waals surface area contributed by atoms with Gasteiger partial charge >= 0.3 is 0 Å². The summed E-state index contributed by atoms with van der Waals surface area (Å²) >= 11 is 0. The van der Waals surface area contributed by atoms with Crippen LogP contribution < -0.4 is 4.31 Å². The van der Waals surface area contributed by atoms with Crippen molar-refractivity contribution in [1.82, 2.24) is 14.5 Å². The number of nitriles is 1. The topological polar surface area (TPSA) is 82.2 Å². The summed E-state index contributed by atoms with van der Waals surface area (Å²) in [5.41, 5.74) is 5.14. The lowest BCUT2D eigenvalue weighted by molar-refractivity contribution is 0.349. The first-order valence-corrected chi connectivity index (χ1v) is 15.8. The third-order valence-electron chi connectivity index (χ3n) is 7.88. The number of benzene rings is 4. The second-order valence-corrected chi connectivity index (χ2v) is 12.6. The Balaban J connectivity index is 1.40. The Kier molecular flexibility index (Phi) is 8.04. The number of likely N-dealkylation sites (tertiary alicyclic amines) is 1. The maximum atomic E-state index is 13.9. The molecule has 0 radical (unpaired) electrons. The molecule has 0 aliphatic carbocycles. The average molecular weight is 576 g/mol. The zero-order chi connectivity index (χ0) is 28.9. The van der Waals surface area contributed by atoms with Crippen LogP contribution in [-0.2, 0) is 23.0 Å². The molecular weight excluding hydrogens is 542 g/mol. The summed E-state index contributed by atoms with van der Waals surface area (Å²) in [6.45, 7) is 3.69. The van der Waals surface area contributed by atoms with Crippen molar-refractivity contribution in [3.63, 3.8) is 0 Å². The van der Waals surface area contributed by atoms with Crippen molar-refractivity contribution in [3.05, 3.63) is 126 Å². The first-order valence-electron chi connectivity index (χ1n) is 14.3. The highest BCUT2D eigenvalue weighted by molar-refractivity contribution is 7.92. The van der Waals surface area contributed by atoms with E-state index in [2.05, 4.69) is 27.7 Å². The van der Waals surface area contributed by atoms with Crippen molar-refractivity contribution in [1.29, 1.82) is 5.26 Å². The second-order valence-electron chi connectivity index (χ2n) is 10.7. The Morgan fingerprint density at radius 3 is 2.21 bits per heavy atom. The van der Waals surface area contributed by atoms with Crippen molar-refractivity contribution in [2.45, 2.75) is 30.7 Å². The van der Waals surface area contributed by atoms with Crippen LogP contribution in [0.3, 0.4) is 0 Å². The van der Waals surface area contributed by atoms with Gasteiger partial charge in [0.15, 0.2) is 0 Å². The summed E-state index contributed by atoms with van der Waals surface area (Å²) in [7, 11) is -3.78. The van der Waals surface area contributed by atoms with Crippen molar-refractivity contribution in [2.75, 3.05) is 30.5 Å². The van der Waals surface area contributed by atoms with Crippen molar-refractivity contribution < 1.29 is 8.42 Å². The van der Waals surface area contributed by atoms with Crippen LogP contribution >= 0.6 is 0 Å². The number of sulfonamides is 1. The molecule has 212 valence electrons. The lowest BCUT2D eigenvalue weighted by atomic mass is 10.1. The van der Waals surface area contributed by atoms with Crippen molar-refractivity contribution in [2.24, 2.45) is 0 Å². The van der Waals surface area contributed by atoms with E-state index in [1.54, 1.807) is 24.3 Å². The summed E-state index contributed by atoms with van der Waals surface area (Å²) < 4.78 is 31.6. The molecular formula is C34H33N5O2S. The van der Waals surface area contributed by atoms with Gasteiger partial charge in [-0.1, -0.05) is 60.7 Å². The Hall–Kier alpha value is -4.45. The van der Waals surface area contributed by atoms with Crippen molar-refractivity contribution in [3.8, 4) is 6.07 Å². The summed E-state index contributed by atoms with van der Waals surface area (Å²) in [5.74, 6) is 0.880. The standard InChI is InChI=1S/C34H33N5O2S/c35-25-28-15-13-27(14-16-28)23-34-36-32-24-30(17-18-33(32)38(34)26-29-9-3-1-4-10-29)39(22-21-37-19-7-8-20-37)42(40,41)31-11-5-2-6-12-31/h1-6,9-18,24H,7-8,19-23,26H2. The normalized spacial score (nSPS) is 13.8. The molecule has 42 heavy (non-hydrogen) atoms. The van der Waals surface area contributed by atoms with E-state index in [4.69, 9.17) is 4.98 Å². The summed E-state index contributed by atoms with van der Waals surface area (Å²) in [6, 6.07) is 34.4. The molecule has 4 aromatic carbocycles. The van der Waals surface area contributed by atoms with Gasteiger partial charge in [0.1, 0.15) is 5.82 Å². The number of nitrogens with zero attached hydrogens (tertiary/aromatic N) is 5. The van der Waals surface area contributed by atoms with E-state index in [9.17, 15) is 13.7 Å². The lowest BCUT2D eigenvalue weighted by Crippen LogP contribution is -2.38. The Morgan fingerprint density at radius 2 is 1.52 bits per heavy atom. The minimum absolute atomic E-state index is 0.280. The van der Waals surface area contributed by atoms with Crippen LogP contribution in [-0.4, -0.2) is 49.0 Å². The molecule has 0 saturated carbocycles. The third-order valence-corrected chi connectivity index (χ3v) is 9.72. The molecule has 2 heterocycles. The molecule has 1 fully saturated rings. The first-order chi connectivity index (χ1) is 20.5. The van der Waals surface area contributed by atoms with Gasteiger partial charge in [0.25, 0.3) is 10.0 Å². The van der Waals surface area contributed by atoms with E-state index < -0.39 is 10.0 Å². The van der Waals surface area contributed by atoms with Gasteiger partial charge in [0.2, 0.25) is 0 Å². The maximum Gasteiger partial charge on any atom is 0.264 e. The summed E-state index contributed by atoms with van der Waals surface area (Å²) in [6.07, 6.45) is 2.89. The minimum atomic E-state index is -3.78. The molecule has 0 unspecified atom stereocenters. The fraction of sp³-hybridized carbons (Fsp3) is 0.235. The molecule has 8 heteroatoms. The minimum Gasteiger partial charge on any atom is -0.323 e. The number of hydrogen-bond donors (Lipinski definition) is 0. The van der Waals surface area contributed by atoms with Crippen LogP contribution in [0.25, 0.3) is 11.0 Å². The molecule has 1 aliphatic rings. The molecule has 0 atom stereocenters. The second kappa shape index (κ2) is 12.2. The largest absolute Gasteiger partial charge is 0.323 e. The first kappa shape index (κ1) is 27.7. The predicted octanol–water partition coefficient (Wildman–Crippen LogP) is 5.84. The number of hydrogen-bond acceptors (Lipinski definition) is 5. The van der Waals surface area contributed by atoms with E-state index >= 15 is 0 Å². The Morgan fingerprint density at radius 1 is 0.833 bits per heavy atom. The van der Waals surface area contributed by atoms with E-state index in [1.807, 2.05) is 66.7 Å². The monoisotopic (exact) mass is 575 g/mol. The van der Waals surface area contributed by atoms with Gasteiger partial charge in [-0.25, -0.2) is 13.4 Å². The SMILES string of the molecule is N#Cc1ccc(Cc2nc3cc(N(CCN4CCCC4)S(=O)(=O)c4ccccc4)ccc3n2Cc2ccccc2)cc1. The van der Waals surface area contributed by atoms with Gasteiger partial charge in [-0.2, -0.15) is 5.26 Å². The van der Waals surface area contributed by atoms with Gasteiger partial charge in [0, 0.05) is 26.1 Å². The van der Waals surface area contributed by atoms with Crippen LogP contribution in [0.5, 0.6) is 0 Å². The fourth-order valence-electron chi connectivity index (χ4n) is 5.63. The quantitative estimate of drug-likeness (QED) is 0.209. The van der Waals surface area contributed by atoms with E-state index in [0.717, 1.165) is 53.9 Å². The van der Waals surface area contributed by atoms with Crippen molar-refractivity contribution >= 4 is 26.7 Å².